The molecule has 2 saturated carbocycles. The second-order valence-electron chi connectivity index (χ2n) is 7.22. The molecule has 2 fully saturated rings. The number of hydrogen-bond donors (Lipinski definition) is 0. The van der Waals surface area contributed by atoms with Gasteiger partial charge < -0.3 is 12.8 Å². The summed E-state index contributed by atoms with van der Waals surface area (Å²) in [5.41, 5.74) is 0.987. The van der Waals surface area contributed by atoms with Gasteiger partial charge in [-0.25, -0.2) is 0 Å². The van der Waals surface area contributed by atoms with E-state index in [1.807, 2.05) is 12.2 Å². The summed E-state index contributed by atoms with van der Waals surface area (Å²) in [5, 5.41) is 0. The zero-order valence-electron chi connectivity index (χ0n) is 13.7. The van der Waals surface area contributed by atoms with Crippen LogP contribution in [0, 0.1) is 47.3 Å². The van der Waals surface area contributed by atoms with Crippen molar-refractivity contribution < 1.29 is 19.5 Å². The monoisotopic (exact) mass is 310 g/mol. The molecule has 2 aliphatic carbocycles. The van der Waals surface area contributed by atoms with Gasteiger partial charge in [-0.15, -0.1) is 13.2 Å². The van der Waals surface area contributed by atoms with Crippen molar-refractivity contribution >= 4 is 0 Å². The van der Waals surface area contributed by atoms with E-state index in [-0.39, 0.29) is 19.5 Å². The van der Waals surface area contributed by atoms with Crippen molar-refractivity contribution in [2.75, 3.05) is 0 Å². The van der Waals surface area contributed by atoms with Gasteiger partial charge >= 0.3 is 19.5 Å². The third kappa shape index (κ3) is 5.18. The maximum Gasteiger partial charge on any atom is 2.00 e. The molecule has 0 aromatic carbocycles. The molecule has 0 radical (unpaired) electrons. The number of rotatable bonds is 4. The SMILES string of the molecule is C=CC(C)C1[CH-]C1(C)C.C=CC(C)C1[CH-]C1(C)C.[Zn+2]. The third-order valence-corrected chi connectivity index (χ3v) is 4.59. The molecule has 0 saturated heterocycles. The minimum atomic E-state index is 0. The Balaban J connectivity index is 0.000000324. The second kappa shape index (κ2) is 6.71. The first-order valence-electron chi connectivity index (χ1n) is 7.13. The van der Waals surface area contributed by atoms with Gasteiger partial charge in [-0.1, -0.05) is 65.5 Å². The molecule has 4 atom stereocenters. The van der Waals surface area contributed by atoms with Crippen LogP contribution in [0.4, 0.5) is 0 Å². The first kappa shape index (κ1) is 19.1. The topological polar surface area (TPSA) is 0 Å². The van der Waals surface area contributed by atoms with E-state index in [1.54, 1.807) is 0 Å². The standard InChI is InChI=1S/2C9H15.Zn/c2*1-5-7(2)8-6-9(8,3)4;/h2*5-8H,1H2,2-4H3;/q2*-1;+2. The maximum absolute atomic E-state index is 3.77. The van der Waals surface area contributed by atoms with Gasteiger partial charge in [0.05, 0.1) is 0 Å². The molecule has 0 aliphatic heterocycles. The fourth-order valence-corrected chi connectivity index (χ4v) is 2.78. The smallest absolute Gasteiger partial charge is 0.323 e. The minimum Gasteiger partial charge on any atom is -0.323 e. The second-order valence-corrected chi connectivity index (χ2v) is 7.22. The van der Waals surface area contributed by atoms with Gasteiger partial charge in [0.25, 0.3) is 0 Å². The molecule has 1 heteroatoms. The Morgan fingerprint density at radius 3 is 1.11 bits per heavy atom. The molecule has 104 valence electrons. The van der Waals surface area contributed by atoms with Crippen LogP contribution in [-0.2, 0) is 19.5 Å². The average molecular weight is 312 g/mol. The largest absolute Gasteiger partial charge is 2.00 e. The van der Waals surface area contributed by atoms with Crippen molar-refractivity contribution in [3.8, 4) is 0 Å². The van der Waals surface area contributed by atoms with Crippen molar-refractivity contribution in [1.29, 1.82) is 0 Å². The first-order chi connectivity index (χ1) is 8.15. The summed E-state index contributed by atoms with van der Waals surface area (Å²) in [6, 6.07) is 0. The fraction of sp³-hybridized carbons (Fsp3) is 0.667. The van der Waals surface area contributed by atoms with Crippen molar-refractivity contribution in [2.45, 2.75) is 41.5 Å². The van der Waals surface area contributed by atoms with Crippen LogP contribution in [0.15, 0.2) is 25.3 Å². The van der Waals surface area contributed by atoms with Crippen molar-refractivity contribution in [2.24, 2.45) is 34.5 Å². The van der Waals surface area contributed by atoms with E-state index in [4.69, 9.17) is 0 Å². The number of allylic oxidation sites excluding steroid dienone is 2. The van der Waals surface area contributed by atoms with Gasteiger partial charge in [0, 0.05) is 0 Å². The van der Waals surface area contributed by atoms with Crippen LogP contribution in [-0.4, -0.2) is 0 Å². The van der Waals surface area contributed by atoms with Crippen molar-refractivity contribution in [3.05, 3.63) is 38.2 Å². The normalized spacial score (nSPS) is 31.7. The molecule has 0 amide bonds. The van der Waals surface area contributed by atoms with Crippen LogP contribution in [0.25, 0.3) is 0 Å². The molecule has 2 rings (SSSR count). The minimum absolute atomic E-state index is 0. The summed E-state index contributed by atoms with van der Waals surface area (Å²) in [6.07, 6.45) is 8.85. The quantitative estimate of drug-likeness (QED) is 0.374. The van der Waals surface area contributed by atoms with Crippen LogP contribution >= 0.6 is 0 Å². The van der Waals surface area contributed by atoms with Gasteiger partial charge in [-0.05, 0) is 0 Å². The Kier molecular flexibility index (Phi) is 6.74. The molecule has 19 heavy (non-hydrogen) atoms. The fourth-order valence-electron chi connectivity index (χ4n) is 2.78. The third-order valence-electron chi connectivity index (χ3n) is 4.59. The molecule has 0 spiro atoms. The summed E-state index contributed by atoms with van der Waals surface area (Å²) in [4.78, 5) is 0. The van der Waals surface area contributed by atoms with Crippen molar-refractivity contribution in [3.63, 3.8) is 0 Å². The molecule has 0 bridgehead atoms. The van der Waals surface area contributed by atoms with Gasteiger partial charge in [-0.3, -0.25) is 0 Å². The molecule has 2 aliphatic rings. The summed E-state index contributed by atoms with van der Waals surface area (Å²) in [7, 11) is 0. The predicted molar refractivity (Wildman–Crippen MR) is 81.9 cm³/mol. The summed E-state index contributed by atoms with van der Waals surface area (Å²) >= 11 is 0. The van der Waals surface area contributed by atoms with Gasteiger partial charge in [0.15, 0.2) is 0 Å². The van der Waals surface area contributed by atoms with Crippen LogP contribution < -0.4 is 0 Å². The predicted octanol–water partition coefficient (Wildman–Crippen LogP) is 5.34. The Hall–Kier alpha value is 0.103. The molecular weight excluding hydrogens is 282 g/mol. The van der Waals surface area contributed by atoms with Crippen LogP contribution in [0.2, 0.25) is 0 Å². The molecule has 0 aromatic rings. The molecule has 0 N–H and O–H groups in total. The van der Waals surface area contributed by atoms with E-state index in [0.29, 0.717) is 22.7 Å². The van der Waals surface area contributed by atoms with Gasteiger partial charge in [0.1, 0.15) is 0 Å². The van der Waals surface area contributed by atoms with E-state index >= 15 is 0 Å². The summed E-state index contributed by atoms with van der Waals surface area (Å²) in [5.74, 6) is 2.91. The average Bonchev–Trinajstić information content (AvgIpc) is 3.13. The molecule has 0 aromatic heterocycles. The van der Waals surface area contributed by atoms with Crippen LogP contribution in [0.1, 0.15) is 41.5 Å². The van der Waals surface area contributed by atoms with Crippen LogP contribution in [0.3, 0.4) is 0 Å². The summed E-state index contributed by atoms with van der Waals surface area (Å²) in [6.45, 7) is 21.1. The molecule has 0 nitrogen and oxygen atoms in total. The zero-order valence-corrected chi connectivity index (χ0v) is 16.7. The van der Waals surface area contributed by atoms with E-state index in [9.17, 15) is 0 Å². The summed E-state index contributed by atoms with van der Waals surface area (Å²) < 4.78 is 0. The van der Waals surface area contributed by atoms with Crippen molar-refractivity contribution in [1.82, 2.24) is 0 Å². The molecule has 4 unspecified atom stereocenters. The molecular formula is C18H30Zn. The number of hydrogen-bond acceptors (Lipinski definition) is 0. The van der Waals surface area contributed by atoms with E-state index in [1.165, 1.54) is 0 Å². The van der Waals surface area contributed by atoms with Crippen LogP contribution in [0.5, 0.6) is 0 Å². The first-order valence-corrected chi connectivity index (χ1v) is 7.13. The van der Waals surface area contributed by atoms with E-state index < -0.39 is 0 Å². The van der Waals surface area contributed by atoms with E-state index in [0.717, 1.165) is 11.8 Å². The van der Waals surface area contributed by atoms with Gasteiger partial charge in [0.2, 0.25) is 0 Å². The Morgan fingerprint density at radius 1 is 0.842 bits per heavy atom. The Labute approximate surface area is 133 Å². The molecule has 0 heterocycles. The van der Waals surface area contributed by atoms with E-state index in [2.05, 4.69) is 67.5 Å². The Morgan fingerprint density at radius 2 is 1.05 bits per heavy atom. The Bertz CT molecular complexity index is 282. The van der Waals surface area contributed by atoms with Gasteiger partial charge in [-0.2, -0.15) is 22.7 Å². The maximum atomic E-state index is 3.77. The zero-order chi connectivity index (χ0) is 14.1.